The van der Waals surface area contributed by atoms with Crippen molar-refractivity contribution in [3.63, 3.8) is 0 Å². The Bertz CT molecular complexity index is 357. The third-order valence-corrected chi connectivity index (χ3v) is 2.35. The lowest BCUT2D eigenvalue weighted by Crippen LogP contribution is -2.36. The molecule has 0 amide bonds. The Morgan fingerprint density at radius 2 is 2.19 bits per heavy atom. The van der Waals surface area contributed by atoms with Gasteiger partial charge >= 0.3 is 5.97 Å². The summed E-state index contributed by atoms with van der Waals surface area (Å²) in [6.45, 7) is 0.261. The third kappa shape index (κ3) is 3.81. The van der Waals surface area contributed by atoms with E-state index in [4.69, 9.17) is 26.8 Å². The van der Waals surface area contributed by atoms with Crippen LogP contribution in [0.25, 0.3) is 0 Å². The number of benzene rings is 1. The third-order valence-electron chi connectivity index (χ3n) is 1.98. The topological polar surface area (TPSA) is 61.5 Å². The first kappa shape index (κ1) is 13.0. The smallest absolute Gasteiger partial charge is 0.325 e. The Kier molecular flexibility index (Phi) is 5.25. The molecule has 0 aliphatic heterocycles. The first-order valence-electron chi connectivity index (χ1n) is 4.79. The quantitative estimate of drug-likeness (QED) is 0.794. The molecule has 0 aliphatic carbocycles. The zero-order valence-corrected chi connectivity index (χ0v) is 9.74. The minimum atomic E-state index is -0.757. The van der Waals surface area contributed by atoms with Gasteiger partial charge in [0.15, 0.2) is 0 Å². The molecule has 0 heterocycles. The van der Waals surface area contributed by atoms with E-state index in [0.29, 0.717) is 5.02 Å². The summed E-state index contributed by atoms with van der Waals surface area (Å²) >= 11 is 5.90. The predicted octanol–water partition coefficient (Wildman–Crippen LogP) is 1.36. The maximum absolute atomic E-state index is 11.3. The van der Waals surface area contributed by atoms with Gasteiger partial charge in [-0.25, -0.2) is 0 Å². The minimum Gasteiger partial charge on any atom is -0.460 e. The lowest BCUT2D eigenvalue weighted by atomic mass is 10.2. The van der Waals surface area contributed by atoms with Gasteiger partial charge in [-0.2, -0.15) is 0 Å². The van der Waals surface area contributed by atoms with Crippen LogP contribution in [-0.2, 0) is 20.9 Å². The molecule has 5 heteroatoms. The number of halogens is 1. The van der Waals surface area contributed by atoms with Crippen LogP contribution in [0.15, 0.2) is 24.3 Å². The number of rotatable bonds is 5. The number of hydrogen-bond acceptors (Lipinski definition) is 4. The summed E-state index contributed by atoms with van der Waals surface area (Å²) in [6, 6.07) is 6.40. The van der Waals surface area contributed by atoms with Crippen LogP contribution >= 0.6 is 11.6 Å². The monoisotopic (exact) mass is 243 g/mol. The van der Waals surface area contributed by atoms with E-state index in [1.165, 1.54) is 7.11 Å². The van der Waals surface area contributed by atoms with E-state index < -0.39 is 12.0 Å². The molecule has 0 aliphatic rings. The molecule has 1 aromatic rings. The van der Waals surface area contributed by atoms with Crippen LogP contribution in [0, 0.1) is 0 Å². The van der Waals surface area contributed by atoms with Crippen molar-refractivity contribution in [3.05, 3.63) is 34.9 Å². The first-order valence-corrected chi connectivity index (χ1v) is 5.17. The number of carbonyl (C=O) groups excluding carboxylic acids is 1. The van der Waals surface area contributed by atoms with Crippen LogP contribution in [0.3, 0.4) is 0 Å². The largest absolute Gasteiger partial charge is 0.460 e. The summed E-state index contributed by atoms with van der Waals surface area (Å²) in [6.07, 6.45) is 0. The molecule has 0 radical (unpaired) electrons. The number of esters is 1. The van der Waals surface area contributed by atoms with Gasteiger partial charge < -0.3 is 15.2 Å². The first-order chi connectivity index (χ1) is 7.65. The minimum absolute atomic E-state index is 0.121. The molecule has 2 N–H and O–H groups in total. The zero-order valence-electron chi connectivity index (χ0n) is 8.98. The molecule has 1 aromatic carbocycles. The highest BCUT2D eigenvalue weighted by Crippen LogP contribution is 2.15. The van der Waals surface area contributed by atoms with Crippen LogP contribution in [0.1, 0.15) is 5.56 Å². The summed E-state index contributed by atoms with van der Waals surface area (Å²) in [5.41, 5.74) is 6.25. The number of methoxy groups -OCH3 is 1. The van der Waals surface area contributed by atoms with E-state index in [-0.39, 0.29) is 13.2 Å². The number of nitrogens with two attached hydrogens (primary N) is 1. The van der Waals surface area contributed by atoms with Crippen LogP contribution in [0.4, 0.5) is 0 Å². The summed E-state index contributed by atoms with van der Waals surface area (Å²) in [4.78, 5) is 11.3. The second-order valence-electron chi connectivity index (χ2n) is 3.26. The standard InChI is InChI=1S/C11H14ClNO3/c1-15-7-10(13)11(14)16-6-8-4-2-3-5-9(8)12/h2-5,10H,6-7,13H2,1H3. The molecule has 0 bridgehead atoms. The second-order valence-corrected chi connectivity index (χ2v) is 3.67. The number of ether oxygens (including phenoxy) is 2. The van der Waals surface area contributed by atoms with Gasteiger partial charge in [-0.15, -0.1) is 0 Å². The van der Waals surface area contributed by atoms with Gasteiger partial charge in [-0.05, 0) is 6.07 Å². The average Bonchev–Trinajstić information content (AvgIpc) is 2.28. The van der Waals surface area contributed by atoms with Crippen molar-refractivity contribution in [2.24, 2.45) is 5.73 Å². The van der Waals surface area contributed by atoms with Crippen molar-refractivity contribution in [1.82, 2.24) is 0 Å². The van der Waals surface area contributed by atoms with E-state index in [1.807, 2.05) is 12.1 Å². The summed E-state index contributed by atoms with van der Waals surface area (Å²) in [5, 5.41) is 0.565. The highest BCUT2D eigenvalue weighted by molar-refractivity contribution is 6.31. The molecule has 0 aromatic heterocycles. The Labute approximate surface area is 99.3 Å². The fourth-order valence-electron chi connectivity index (χ4n) is 1.12. The molecule has 1 unspecified atom stereocenters. The lowest BCUT2D eigenvalue weighted by Gasteiger charge is -2.11. The molecule has 0 spiro atoms. The van der Waals surface area contributed by atoms with Crippen molar-refractivity contribution >= 4 is 17.6 Å². The van der Waals surface area contributed by atoms with Gasteiger partial charge in [0.05, 0.1) is 6.61 Å². The van der Waals surface area contributed by atoms with Crippen molar-refractivity contribution in [1.29, 1.82) is 0 Å². The Hall–Kier alpha value is -1.10. The molecule has 1 atom stereocenters. The van der Waals surface area contributed by atoms with Gasteiger partial charge in [-0.3, -0.25) is 4.79 Å². The molecule has 4 nitrogen and oxygen atoms in total. The number of hydrogen-bond donors (Lipinski definition) is 1. The summed E-state index contributed by atoms with van der Waals surface area (Å²) in [7, 11) is 1.47. The highest BCUT2D eigenvalue weighted by atomic mass is 35.5. The molecular weight excluding hydrogens is 230 g/mol. The van der Waals surface area contributed by atoms with Gasteiger partial charge in [0, 0.05) is 17.7 Å². The molecule has 1 rings (SSSR count). The Morgan fingerprint density at radius 1 is 1.50 bits per heavy atom. The van der Waals surface area contributed by atoms with Gasteiger partial charge in [0.1, 0.15) is 12.6 Å². The molecule has 88 valence electrons. The molecule has 0 saturated carbocycles. The summed E-state index contributed by atoms with van der Waals surface area (Å²) < 4.78 is 9.74. The second kappa shape index (κ2) is 6.48. The predicted molar refractivity (Wildman–Crippen MR) is 61.1 cm³/mol. The summed E-state index contributed by atoms with van der Waals surface area (Å²) in [5.74, 6) is -0.498. The van der Waals surface area contributed by atoms with E-state index in [9.17, 15) is 4.79 Å². The van der Waals surface area contributed by atoms with E-state index >= 15 is 0 Å². The van der Waals surface area contributed by atoms with Crippen LogP contribution in [0.2, 0.25) is 5.02 Å². The maximum atomic E-state index is 11.3. The van der Waals surface area contributed by atoms with Crippen molar-refractivity contribution in [3.8, 4) is 0 Å². The Balaban J connectivity index is 2.46. The molecule has 0 fully saturated rings. The van der Waals surface area contributed by atoms with E-state index in [1.54, 1.807) is 12.1 Å². The van der Waals surface area contributed by atoms with E-state index in [0.717, 1.165) is 5.56 Å². The normalized spacial score (nSPS) is 12.2. The van der Waals surface area contributed by atoms with Crippen molar-refractivity contribution < 1.29 is 14.3 Å². The van der Waals surface area contributed by atoms with Crippen LogP contribution < -0.4 is 5.73 Å². The van der Waals surface area contributed by atoms with Gasteiger partial charge in [0.2, 0.25) is 0 Å². The number of carbonyl (C=O) groups is 1. The Morgan fingerprint density at radius 3 is 2.81 bits per heavy atom. The SMILES string of the molecule is COCC(N)C(=O)OCc1ccccc1Cl. The molecular formula is C11H14ClNO3. The highest BCUT2D eigenvalue weighted by Gasteiger charge is 2.14. The van der Waals surface area contributed by atoms with Gasteiger partial charge in [-0.1, -0.05) is 29.8 Å². The van der Waals surface area contributed by atoms with Crippen molar-refractivity contribution in [2.45, 2.75) is 12.6 Å². The fraction of sp³-hybridized carbons (Fsp3) is 0.364. The average molecular weight is 244 g/mol. The fourth-order valence-corrected chi connectivity index (χ4v) is 1.31. The van der Waals surface area contributed by atoms with Gasteiger partial charge in [0.25, 0.3) is 0 Å². The van der Waals surface area contributed by atoms with Crippen LogP contribution in [0.5, 0.6) is 0 Å². The van der Waals surface area contributed by atoms with Crippen LogP contribution in [-0.4, -0.2) is 25.7 Å². The maximum Gasteiger partial charge on any atom is 0.325 e. The van der Waals surface area contributed by atoms with E-state index in [2.05, 4.69) is 0 Å². The lowest BCUT2D eigenvalue weighted by molar-refractivity contribution is -0.147. The van der Waals surface area contributed by atoms with Crippen molar-refractivity contribution in [2.75, 3.05) is 13.7 Å². The molecule has 0 saturated heterocycles. The zero-order chi connectivity index (χ0) is 12.0. The molecule has 16 heavy (non-hydrogen) atoms.